The minimum Gasteiger partial charge on any atom is -0.369 e. The van der Waals surface area contributed by atoms with Crippen molar-refractivity contribution in [3.05, 3.63) is 35.3 Å². The van der Waals surface area contributed by atoms with Gasteiger partial charge >= 0.3 is 0 Å². The number of nitrogens with one attached hydrogen (secondary N) is 2. The van der Waals surface area contributed by atoms with Crippen LogP contribution < -0.4 is 5.32 Å². The van der Waals surface area contributed by atoms with Crippen LogP contribution in [0.4, 0.5) is 4.39 Å². The van der Waals surface area contributed by atoms with Gasteiger partial charge in [-0.2, -0.15) is 0 Å². The molecule has 8 heteroatoms. The minimum absolute atomic E-state index is 0.0888. The number of halogens is 1. The molecule has 0 bridgehead atoms. The highest BCUT2D eigenvalue weighted by Gasteiger charge is 2.37. The number of carbonyl (C=O) groups excluding carboxylic acids is 2. The average Bonchev–Trinajstić information content (AvgIpc) is 3.24. The zero-order valence-corrected chi connectivity index (χ0v) is 17.8. The van der Waals surface area contributed by atoms with E-state index in [1.54, 1.807) is 12.1 Å². The first kappa shape index (κ1) is 20.5. The van der Waals surface area contributed by atoms with Crippen LogP contribution in [0.2, 0.25) is 0 Å². The van der Waals surface area contributed by atoms with Gasteiger partial charge in [0.05, 0.1) is 18.2 Å². The Morgan fingerprint density at radius 3 is 2.97 bits per heavy atom. The quantitative estimate of drug-likeness (QED) is 0.786. The summed E-state index contributed by atoms with van der Waals surface area (Å²) in [4.78, 5) is 32.4. The number of carbonyl (C=O) groups is 2. The minimum atomic E-state index is -0.321. The van der Waals surface area contributed by atoms with Crippen LogP contribution in [-0.4, -0.2) is 77.6 Å². The lowest BCUT2D eigenvalue weighted by Crippen LogP contribution is -2.62. The molecule has 2 saturated heterocycles. The van der Waals surface area contributed by atoms with Crippen molar-refractivity contribution in [1.29, 1.82) is 0 Å². The van der Waals surface area contributed by atoms with E-state index in [-0.39, 0.29) is 36.3 Å². The number of H-pyrrole nitrogens is 1. The second kappa shape index (κ2) is 8.24. The Bertz CT molecular complexity index is 967. The maximum atomic E-state index is 14.1. The summed E-state index contributed by atoms with van der Waals surface area (Å²) in [6.07, 6.45) is 3.99. The van der Waals surface area contributed by atoms with Crippen LogP contribution in [0, 0.1) is 12.7 Å². The molecule has 2 aliphatic heterocycles. The van der Waals surface area contributed by atoms with Gasteiger partial charge in [-0.3, -0.25) is 14.5 Å². The number of piperazine rings is 1. The molecule has 2 aromatic rings. The highest BCUT2D eigenvalue weighted by molar-refractivity contribution is 5.99. The van der Waals surface area contributed by atoms with Gasteiger partial charge in [0.1, 0.15) is 18.1 Å². The summed E-state index contributed by atoms with van der Waals surface area (Å²) in [5.41, 5.74) is 1.99. The number of amides is 2. The van der Waals surface area contributed by atoms with Gasteiger partial charge in [-0.05, 0) is 50.3 Å². The molecular weight excluding hydrogens is 399 g/mol. The topological polar surface area (TPSA) is 77.7 Å². The number of aryl methyl sites for hydroxylation is 1. The van der Waals surface area contributed by atoms with E-state index in [1.807, 2.05) is 11.8 Å². The van der Waals surface area contributed by atoms with Gasteiger partial charge in [-0.1, -0.05) is 6.07 Å². The SMILES string of the molecule is Cc1ccc(F)c2cc(C(=O)N[C@@H]3CCC[C@H](N4CCN5C(=O)COC[C@@H]5C4)C3)[nH]c12. The molecule has 31 heavy (non-hydrogen) atoms. The van der Waals surface area contributed by atoms with Crippen molar-refractivity contribution in [3.63, 3.8) is 0 Å². The second-order valence-corrected chi connectivity index (χ2v) is 9.08. The molecule has 0 spiro atoms. The number of nitrogens with zero attached hydrogens (tertiary/aromatic N) is 2. The number of morpholine rings is 1. The first-order chi connectivity index (χ1) is 15.0. The lowest BCUT2D eigenvalue weighted by atomic mass is 9.89. The molecule has 1 saturated carbocycles. The molecule has 1 aliphatic carbocycles. The number of hydrogen-bond donors (Lipinski definition) is 2. The summed E-state index contributed by atoms with van der Waals surface area (Å²) in [5.74, 6) is -0.413. The van der Waals surface area contributed by atoms with E-state index in [1.165, 1.54) is 6.07 Å². The first-order valence-electron chi connectivity index (χ1n) is 11.2. The molecule has 3 fully saturated rings. The van der Waals surface area contributed by atoms with Crippen LogP contribution in [0.25, 0.3) is 10.9 Å². The number of hydrogen-bond acceptors (Lipinski definition) is 4. The smallest absolute Gasteiger partial charge is 0.267 e. The number of rotatable bonds is 3. The molecule has 5 rings (SSSR count). The normalized spacial score (nSPS) is 27.4. The second-order valence-electron chi connectivity index (χ2n) is 9.08. The van der Waals surface area contributed by atoms with Crippen LogP contribution in [0.3, 0.4) is 0 Å². The summed E-state index contributed by atoms with van der Waals surface area (Å²) < 4.78 is 19.6. The van der Waals surface area contributed by atoms with E-state index in [9.17, 15) is 14.0 Å². The van der Waals surface area contributed by atoms with E-state index in [0.717, 1.165) is 50.9 Å². The number of fused-ring (bicyclic) bond motifs is 2. The Morgan fingerprint density at radius 2 is 2.13 bits per heavy atom. The molecule has 0 radical (unpaired) electrons. The van der Waals surface area contributed by atoms with Crippen LogP contribution in [0.1, 0.15) is 41.7 Å². The Kier molecular flexibility index (Phi) is 5.44. The standard InChI is InChI=1S/C23H29FN4O3/c1-14-5-6-19(24)18-10-20(26-22(14)18)23(30)25-15-3-2-4-16(9-15)27-7-8-28-17(11-27)12-31-13-21(28)29/h5-6,10,15-17,26H,2-4,7-9,11-13H2,1H3,(H,25,30)/t15-,16+,17+/m1/s1. The van der Waals surface area contributed by atoms with Gasteiger partial charge in [0.2, 0.25) is 5.91 Å². The first-order valence-corrected chi connectivity index (χ1v) is 11.2. The van der Waals surface area contributed by atoms with Gasteiger partial charge in [0.15, 0.2) is 0 Å². The summed E-state index contributed by atoms with van der Waals surface area (Å²) >= 11 is 0. The third kappa shape index (κ3) is 3.94. The summed E-state index contributed by atoms with van der Waals surface area (Å²) in [5, 5.41) is 3.61. The van der Waals surface area contributed by atoms with Crippen LogP contribution in [-0.2, 0) is 9.53 Å². The zero-order chi connectivity index (χ0) is 21.5. The van der Waals surface area contributed by atoms with Crippen LogP contribution in [0.15, 0.2) is 18.2 Å². The summed E-state index contributed by atoms with van der Waals surface area (Å²) in [6, 6.07) is 5.36. The molecule has 1 aromatic heterocycles. The largest absolute Gasteiger partial charge is 0.369 e. The zero-order valence-electron chi connectivity index (χ0n) is 17.8. The Balaban J connectivity index is 1.23. The molecule has 1 aromatic carbocycles. The Hall–Kier alpha value is -2.45. The predicted molar refractivity (Wildman–Crippen MR) is 114 cm³/mol. The van der Waals surface area contributed by atoms with Gasteiger partial charge in [-0.15, -0.1) is 0 Å². The Labute approximate surface area is 180 Å². The third-order valence-corrected chi connectivity index (χ3v) is 7.06. The van der Waals surface area contributed by atoms with E-state index >= 15 is 0 Å². The summed E-state index contributed by atoms with van der Waals surface area (Å²) in [7, 11) is 0. The molecule has 7 nitrogen and oxygen atoms in total. The van der Waals surface area contributed by atoms with E-state index < -0.39 is 0 Å². The molecule has 3 aliphatic rings. The molecule has 0 unspecified atom stereocenters. The van der Waals surface area contributed by atoms with Crippen LogP contribution in [0.5, 0.6) is 0 Å². The molecule has 2 amide bonds. The molecule has 3 atom stereocenters. The monoisotopic (exact) mass is 428 g/mol. The van der Waals surface area contributed by atoms with Crippen molar-refractivity contribution in [2.75, 3.05) is 32.8 Å². The highest BCUT2D eigenvalue weighted by Crippen LogP contribution is 2.27. The molecule has 166 valence electrons. The van der Waals surface area contributed by atoms with Crippen molar-refractivity contribution >= 4 is 22.7 Å². The van der Waals surface area contributed by atoms with Gasteiger partial charge in [0, 0.05) is 37.1 Å². The van der Waals surface area contributed by atoms with Crippen LogP contribution >= 0.6 is 0 Å². The van der Waals surface area contributed by atoms with Crippen molar-refractivity contribution in [2.45, 2.75) is 50.7 Å². The Morgan fingerprint density at radius 1 is 1.26 bits per heavy atom. The number of ether oxygens (including phenoxy) is 1. The third-order valence-electron chi connectivity index (χ3n) is 7.06. The molecule has 2 N–H and O–H groups in total. The van der Waals surface area contributed by atoms with Crippen molar-refractivity contribution in [3.8, 4) is 0 Å². The fraction of sp³-hybridized carbons (Fsp3) is 0.565. The highest BCUT2D eigenvalue weighted by atomic mass is 19.1. The maximum Gasteiger partial charge on any atom is 0.267 e. The summed E-state index contributed by atoms with van der Waals surface area (Å²) in [6.45, 7) is 5.15. The van der Waals surface area contributed by atoms with Gasteiger partial charge in [-0.25, -0.2) is 4.39 Å². The number of aromatic nitrogens is 1. The van der Waals surface area contributed by atoms with E-state index in [0.29, 0.717) is 29.2 Å². The lowest BCUT2D eigenvalue weighted by molar-refractivity contribution is -0.153. The van der Waals surface area contributed by atoms with Crippen molar-refractivity contribution in [1.82, 2.24) is 20.1 Å². The fourth-order valence-electron chi connectivity index (χ4n) is 5.38. The van der Waals surface area contributed by atoms with Crippen molar-refractivity contribution in [2.24, 2.45) is 0 Å². The lowest BCUT2D eigenvalue weighted by Gasteiger charge is -2.47. The molecular formula is C23H29FN4O3. The van der Waals surface area contributed by atoms with E-state index in [2.05, 4.69) is 15.2 Å². The average molecular weight is 429 g/mol. The predicted octanol–water partition coefficient (Wildman–Crippen LogP) is 2.20. The van der Waals surface area contributed by atoms with Crippen molar-refractivity contribution < 1.29 is 18.7 Å². The number of benzene rings is 1. The van der Waals surface area contributed by atoms with E-state index in [4.69, 9.17) is 4.74 Å². The van der Waals surface area contributed by atoms with Gasteiger partial charge in [0.25, 0.3) is 5.91 Å². The van der Waals surface area contributed by atoms with Gasteiger partial charge < -0.3 is 19.9 Å². The molecule has 3 heterocycles. The number of aromatic amines is 1. The maximum absolute atomic E-state index is 14.1. The fourth-order valence-corrected chi connectivity index (χ4v) is 5.38.